The lowest BCUT2D eigenvalue weighted by molar-refractivity contribution is 0.312. The number of benzene rings is 1. The third-order valence-electron chi connectivity index (χ3n) is 3.49. The second kappa shape index (κ2) is 4.44. The molecule has 16 heavy (non-hydrogen) atoms. The molecule has 3 heteroatoms. The minimum absolute atomic E-state index is 0.0502. The SMILES string of the molecule is CC(CBr)(Cc1cccc(F)c1F)C1CC1. The van der Waals surface area contributed by atoms with E-state index in [1.165, 1.54) is 18.9 Å². The molecule has 1 fully saturated rings. The Labute approximate surface area is 103 Å². The van der Waals surface area contributed by atoms with Crippen LogP contribution in [0.15, 0.2) is 18.2 Å². The van der Waals surface area contributed by atoms with E-state index in [1.807, 2.05) is 0 Å². The van der Waals surface area contributed by atoms with E-state index in [9.17, 15) is 8.78 Å². The van der Waals surface area contributed by atoms with Crippen molar-refractivity contribution < 1.29 is 8.78 Å². The van der Waals surface area contributed by atoms with Crippen LogP contribution in [0.4, 0.5) is 8.78 Å². The number of halogens is 3. The maximum absolute atomic E-state index is 13.6. The highest BCUT2D eigenvalue weighted by Crippen LogP contribution is 2.48. The van der Waals surface area contributed by atoms with Gasteiger partial charge in [-0.2, -0.15) is 0 Å². The van der Waals surface area contributed by atoms with Crippen molar-refractivity contribution in [3.05, 3.63) is 35.4 Å². The topological polar surface area (TPSA) is 0 Å². The van der Waals surface area contributed by atoms with Crippen LogP contribution in [0.1, 0.15) is 25.3 Å². The van der Waals surface area contributed by atoms with E-state index in [0.717, 1.165) is 5.33 Å². The molecule has 1 unspecified atom stereocenters. The van der Waals surface area contributed by atoms with Gasteiger partial charge in [-0.1, -0.05) is 35.0 Å². The Morgan fingerprint density at radius 2 is 2.06 bits per heavy atom. The molecule has 0 aromatic heterocycles. The summed E-state index contributed by atoms with van der Waals surface area (Å²) in [4.78, 5) is 0. The van der Waals surface area contributed by atoms with Gasteiger partial charge >= 0.3 is 0 Å². The summed E-state index contributed by atoms with van der Waals surface area (Å²) in [5.41, 5.74) is 0.545. The molecule has 0 N–H and O–H groups in total. The number of rotatable bonds is 4. The molecule has 0 spiro atoms. The van der Waals surface area contributed by atoms with Gasteiger partial charge in [0, 0.05) is 5.33 Å². The van der Waals surface area contributed by atoms with Crippen LogP contribution >= 0.6 is 15.9 Å². The molecule has 1 aromatic rings. The summed E-state index contributed by atoms with van der Waals surface area (Å²) in [6, 6.07) is 4.43. The molecule has 0 bridgehead atoms. The van der Waals surface area contributed by atoms with E-state index in [0.29, 0.717) is 17.9 Å². The van der Waals surface area contributed by atoms with Crippen molar-refractivity contribution in [3.8, 4) is 0 Å². The van der Waals surface area contributed by atoms with Crippen LogP contribution in [-0.4, -0.2) is 5.33 Å². The maximum Gasteiger partial charge on any atom is 0.162 e. The van der Waals surface area contributed by atoms with Crippen LogP contribution < -0.4 is 0 Å². The predicted molar refractivity (Wildman–Crippen MR) is 64.7 cm³/mol. The van der Waals surface area contributed by atoms with Crippen LogP contribution in [0, 0.1) is 23.0 Å². The molecule has 88 valence electrons. The first-order valence-electron chi connectivity index (χ1n) is 5.56. The second-order valence-electron chi connectivity index (χ2n) is 4.95. The fraction of sp³-hybridized carbons (Fsp3) is 0.538. The summed E-state index contributed by atoms with van der Waals surface area (Å²) >= 11 is 3.50. The Morgan fingerprint density at radius 3 is 2.62 bits per heavy atom. The van der Waals surface area contributed by atoms with Crippen LogP contribution in [0.5, 0.6) is 0 Å². The standard InChI is InChI=1S/C13H15BrF2/c1-13(8-14,10-5-6-10)7-9-3-2-4-11(15)12(9)16/h2-4,10H,5-8H2,1H3. The normalized spacial score (nSPS) is 19.5. The molecule has 2 rings (SSSR count). The van der Waals surface area contributed by atoms with E-state index in [2.05, 4.69) is 22.9 Å². The molecule has 0 nitrogen and oxygen atoms in total. The molecule has 1 aliphatic rings. The Bertz CT molecular complexity index is 388. The smallest absolute Gasteiger partial charge is 0.162 e. The maximum atomic E-state index is 13.6. The van der Waals surface area contributed by atoms with E-state index < -0.39 is 11.6 Å². The molecule has 1 aliphatic carbocycles. The first kappa shape index (κ1) is 12.0. The molecule has 1 aromatic carbocycles. The van der Waals surface area contributed by atoms with Gasteiger partial charge in [0.2, 0.25) is 0 Å². The molecule has 0 amide bonds. The molecule has 0 aliphatic heterocycles. The van der Waals surface area contributed by atoms with Crippen molar-refractivity contribution >= 4 is 15.9 Å². The van der Waals surface area contributed by atoms with Gasteiger partial charge in [0.05, 0.1) is 0 Å². The van der Waals surface area contributed by atoms with Crippen LogP contribution in [0.25, 0.3) is 0 Å². The van der Waals surface area contributed by atoms with Crippen molar-refractivity contribution in [3.63, 3.8) is 0 Å². The minimum atomic E-state index is -0.745. The van der Waals surface area contributed by atoms with Gasteiger partial charge < -0.3 is 0 Å². The van der Waals surface area contributed by atoms with E-state index >= 15 is 0 Å². The minimum Gasteiger partial charge on any atom is -0.204 e. The Hall–Kier alpha value is -0.440. The van der Waals surface area contributed by atoms with Gasteiger partial charge in [-0.05, 0) is 42.2 Å². The fourth-order valence-corrected chi connectivity index (χ4v) is 2.86. The zero-order chi connectivity index (χ0) is 11.8. The summed E-state index contributed by atoms with van der Waals surface area (Å²) in [5.74, 6) is -0.782. The van der Waals surface area contributed by atoms with Gasteiger partial charge in [0.1, 0.15) is 0 Å². The summed E-state index contributed by atoms with van der Waals surface area (Å²) in [7, 11) is 0. The fourth-order valence-electron chi connectivity index (χ4n) is 2.20. The van der Waals surface area contributed by atoms with Crippen molar-refractivity contribution in [2.75, 3.05) is 5.33 Å². The highest BCUT2D eigenvalue weighted by molar-refractivity contribution is 9.09. The highest BCUT2D eigenvalue weighted by Gasteiger charge is 2.41. The Morgan fingerprint density at radius 1 is 1.38 bits per heavy atom. The average Bonchev–Trinajstić information content (AvgIpc) is 3.08. The third kappa shape index (κ3) is 2.29. The van der Waals surface area contributed by atoms with E-state index in [4.69, 9.17) is 0 Å². The molecule has 0 saturated heterocycles. The predicted octanol–water partition coefficient (Wildman–Crippen LogP) is 4.32. The lowest BCUT2D eigenvalue weighted by Gasteiger charge is -2.27. The zero-order valence-electron chi connectivity index (χ0n) is 9.27. The van der Waals surface area contributed by atoms with Crippen molar-refractivity contribution in [2.45, 2.75) is 26.2 Å². The lowest BCUT2D eigenvalue weighted by atomic mass is 9.81. The Balaban J connectivity index is 2.22. The third-order valence-corrected chi connectivity index (χ3v) is 4.78. The quantitative estimate of drug-likeness (QED) is 0.724. The van der Waals surface area contributed by atoms with E-state index in [-0.39, 0.29) is 5.41 Å². The monoisotopic (exact) mass is 288 g/mol. The zero-order valence-corrected chi connectivity index (χ0v) is 10.9. The van der Waals surface area contributed by atoms with Gasteiger partial charge in [-0.3, -0.25) is 0 Å². The van der Waals surface area contributed by atoms with E-state index in [1.54, 1.807) is 12.1 Å². The number of hydrogen-bond donors (Lipinski definition) is 0. The average molecular weight is 289 g/mol. The first-order chi connectivity index (χ1) is 7.57. The molecular formula is C13H15BrF2. The molecule has 0 heterocycles. The van der Waals surface area contributed by atoms with Crippen molar-refractivity contribution in [2.24, 2.45) is 11.3 Å². The van der Waals surface area contributed by atoms with Crippen molar-refractivity contribution in [1.82, 2.24) is 0 Å². The first-order valence-corrected chi connectivity index (χ1v) is 6.68. The van der Waals surface area contributed by atoms with Gasteiger partial charge in [0.25, 0.3) is 0 Å². The number of hydrogen-bond acceptors (Lipinski definition) is 0. The molecular weight excluding hydrogens is 274 g/mol. The van der Waals surface area contributed by atoms with Gasteiger partial charge in [-0.25, -0.2) is 8.78 Å². The van der Waals surface area contributed by atoms with Gasteiger partial charge in [-0.15, -0.1) is 0 Å². The van der Waals surface area contributed by atoms with Crippen LogP contribution in [0.3, 0.4) is 0 Å². The largest absolute Gasteiger partial charge is 0.204 e. The van der Waals surface area contributed by atoms with Crippen LogP contribution in [-0.2, 0) is 6.42 Å². The summed E-state index contributed by atoms with van der Waals surface area (Å²) < 4.78 is 26.7. The molecule has 0 radical (unpaired) electrons. The van der Waals surface area contributed by atoms with Crippen molar-refractivity contribution in [1.29, 1.82) is 0 Å². The number of alkyl halides is 1. The van der Waals surface area contributed by atoms with Crippen LogP contribution in [0.2, 0.25) is 0 Å². The van der Waals surface area contributed by atoms with Gasteiger partial charge in [0.15, 0.2) is 11.6 Å². The Kier molecular flexibility index (Phi) is 3.34. The summed E-state index contributed by atoms with van der Waals surface area (Å²) in [6.45, 7) is 2.14. The summed E-state index contributed by atoms with van der Waals surface area (Å²) in [5, 5.41) is 0.834. The second-order valence-corrected chi connectivity index (χ2v) is 5.51. The molecule has 1 saturated carbocycles. The lowest BCUT2D eigenvalue weighted by Crippen LogP contribution is -2.24. The summed E-state index contributed by atoms with van der Waals surface area (Å²) in [6.07, 6.45) is 3.02. The highest BCUT2D eigenvalue weighted by atomic mass is 79.9. The molecule has 1 atom stereocenters.